The summed E-state index contributed by atoms with van der Waals surface area (Å²) in [5.74, 6) is 0.0564. The second kappa shape index (κ2) is 11.3. The van der Waals surface area contributed by atoms with Crippen LogP contribution in [0.2, 0.25) is 0 Å². The third kappa shape index (κ3) is 5.57. The first-order chi connectivity index (χ1) is 19.5. The van der Waals surface area contributed by atoms with Gasteiger partial charge in [-0.3, -0.25) is 14.6 Å². The largest absolute Gasteiger partial charge is 0.356 e. The second-order valence-corrected chi connectivity index (χ2v) is 10.4. The summed E-state index contributed by atoms with van der Waals surface area (Å²) >= 11 is 0. The molecule has 4 aromatic rings. The average Bonchev–Trinajstić information content (AvgIpc) is 3.40. The molecule has 2 aliphatic rings. The monoisotopic (exact) mass is 535 g/mol. The van der Waals surface area contributed by atoms with Crippen LogP contribution < -0.4 is 15.5 Å². The third-order valence-electron chi connectivity index (χ3n) is 7.69. The summed E-state index contributed by atoms with van der Waals surface area (Å²) in [6.07, 6.45) is 6.38. The number of amides is 2. The number of pyridine rings is 2. The molecule has 1 aliphatic heterocycles. The molecule has 6 rings (SSSR count). The van der Waals surface area contributed by atoms with E-state index in [1.54, 1.807) is 36.5 Å². The molecule has 8 heteroatoms. The van der Waals surface area contributed by atoms with Crippen molar-refractivity contribution in [2.75, 3.05) is 18.0 Å². The van der Waals surface area contributed by atoms with E-state index in [-0.39, 0.29) is 29.7 Å². The van der Waals surface area contributed by atoms with Crippen molar-refractivity contribution < 1.29 is 14.0 Å². The van der Waals surface area contributed by atoms with Crippen molar-refractivity contribution in [2.24, 2.45) is 0 Å². The molecule has 0 unspecified atom stereocenters. The molecule has 202 valence electrons. The van der Waals surface area contributed by atoms with Crippen molar-refractivity contribution in [3.05, 3.63) is 113 Å². The number of carbonyl (C=O) groups excluding carboxylic acids is 2. The van der Waals surface area contributed by atoms with Crippen LogP contribution in [-0.4, -0.2) is 47.0 Å². The number of rotatable bonds is 6. The molecule has 2 aromatic heterocycles. The first-order valence-corrected chi connectivity index (χ1v) is 13.6. The first kappa shape index (κ1) is 25.7. The summed E-state index contributed by atoms with van der Waals surface area (Å²) < 4.78 is 13.5. The number of carbonyl (C=O) groups is 2. The molecule has 7 nitrogen and oxygen atoms in total. The van der Waals surface area contributed by atoms with Crippen LogP contribution in [0.1, 0.15) is 44.7 Å². The lowest BCUT2D eigenvalue weighted by Gasteiger charge is -2.34. The van der Waals surface area contributed by atoms with Crippen LogP contribution in [0.15, 0.2) is 85.2 Å². The van der Waals surface area contributed by atoms with E-state index >= 15 is 0 Å². The molecule has 0 spiro atoms. The van der Waals surface area contributed by atoms with Crippen molar-refractivity contribution in [1.82, 2.24) is 20.6 Å². The maximum atomic E-state index is 13.5. The van der Waals surface area contributed by atoms with Crippen LogP contribution in [-0.2, 0) is 12.8 Å². The van der Waals surface area contributed by atoms with Crippen LogP contribution in [0.25, 0.3) is 11.3 Å². The van der Waals surface area contributed by atoms with E-state index in [4.69, 9.17) is 0 Å². The molecule has 0 bridgehead atoms. The number of nitrogens with zero attached hydrogens (tertiary/aromatic N) is 3. The molecular formula is C32H30FN5O2. The van der Waals surface area contributed by atoms with Gasteiger partial charge in [0.05, 0.1) is 16.8 Å². The third-order valence-corrected chi connectivity index (χ3v) is 7.69. The van der Waals surface area contributed by atoms with Gasteiger partial charge in [0.1, 0.15) is 11.6 Å². The fraction of sp³-hybridized carbons (Fsp3) is 0.250. The van der Waals surface area contributed by atoms with Gasteiger partial charge in [0.2, 0.25) is 0 Å². The minimum absolute atomic E-state index is 0.00428. The van der Waals surface area contributed by atoms with Crippen LogP contribution in [0.4, 0.5) is 10.2 Å². The summed E-state index contributed by atoms with van der Waals surface area (Å²) in [7, 11) is 0. The van der Waals surface area contributed by atoms with Gasteiger partial charge in [-0.1, -0.05) is 36.4 Å². The lowest BCUT2D eigenvalue weighted by atomic mass is 10.0. The molecule has 0 atom stereocenters. The Morgan fingerprint density at radius 3 is 2.25 bits per heavy atom. The van der Waals surface area contributed by atoms with Gasteiger partial charge in [0, 0.05) is 43.1 Å². The van der Waals surface area contributed by atoms with Gasteiger partial charge in [-0.05, 0) is 73.2 Å². The van der Waals surface area contributed by atoms with E-state index in [1.165, 1.54) is 29.5 Å². The molecule has 0 saturated carbocycles. The smallest absolute Gasteiger partial charge is 0.255 e. The Morgan fingerprint density at radius 1 is 0.800 bits per heavy atom. The number of fused-ring (bicyclic) bond motifs is 1. The topological polar surface area (TPSA) is 87.2 Å². The Bertz CT molecular complexity index is 1510. The van der Waals surface area contributed by atoms with Gasteiger partial charge in [0.25, 0.3) is 11.8 Å². The molecular weight excluding hydrogens is 505 g/mol. The van der Waals surface area contributed by atoms with E-state index in [1.807, 2.05) is 18.2 Å². The van der Waals surface area contributed by atoms with Crippen LogP contribution in [0.5, 0.6) is 0 Å². The summed E-state index contributed by atoms with van der Waals surface area (Å²) in [5, 5.41) is 6.31. The molecule has 2 aromatic carbocycles. The lowest BCUT2D eigenvalue weighted by molar-refractivity contribution is 0.0927. The van der Waals surface area contributed by atoms with Crippen molar-refractivity contribution in [3.8, 4) is 11.3 Å². The zero-order chi connectivity index (χ0) is 27.5. The molecule has 0 radical (unpaired) electrons. The first-order valence-electron chi connectivity index (χ1n) is 13.6. The van der Waals surface area contributed by atoms with Crippen LogP contribution >= 0.6 is 0 Å². The lowest BCUT2D eigenvalue weighted by Crippen LogP contribution is -2.45. The van der Waals surface area contributed by atoms with Crippen LogP contribution in [0, 0.1) is 5.82 Å². The maximum absolute atomic E-state index is 13.5. The number of hydrogen-bond donors (Lipinski definition) is 2. The molecule has 40 heavy (non-hydrogen) atoms. The predicted octanol–water partition coefficient (Wildman–Crippen LogP) is 4.58. The van der Waals surface area contributed by atoms with Gasteiger partial charge in [-0.15, -0.1) is 0 Å². The Balaban J connectivity index is 1.04. The normalized spacial score (nSPS) is 15.5. The highest BCUT2D eigenvalue weighted by molar-refractivity contribution is 5.99. The van der Waals surface area contributed by atoms with Crippen LogP contribution in [0.3, 0.4) is 0 Å². The number of nitrogens with one attached hydrogen (secondary N) is 2. The summed E-state index contributed by atoms with van der Waals surface area (Å²) in [6, 6.07) is 21.7. The number of aromatic nitrogens is 2. The molecule has 1 aliphatic carbocycles. The van der Waals surface area contributed by atoms with Crippen molar-refractivity contribution in [3.63, 3.8) is 0 Å². The summed E-state index contributed by atoms with van der Waals surface area (Å²) in [4.78, 5) is 37.1. The van der Waals surface area contributed by atoms with E-state index in [9.17, 15) is 14.0 Å². The zero-order valence-corrected chi connectivity index (χ0v) is 22.0. The fourth-order valence-corrected chi connectivity index (χ4v) is 5.60. The Labute approximate surface area is 232 Å². The Morgan fingerprint density at radius 2 is 1.55 bits per heavy atom. The second-order valence-electron chi connectivity index (χ2n) is 10.4. The molecule has 2 amide bonds. The van der Waals surface area contributed by atoms with E-state index in [2.05, 4.69) is 37.6 Å². The highest BCUT2D eigenvalue weighted by Gasteiger charge is 2.27. The van der Waals surface area contributed by atoms with Gasteiger partial charge < -0.3 is 15.5 Å². The van der Waals surface area contributed by atoms with Gasteiger partial charge in [-0.2, -0.15) is 0 Å². The predicted molar refractivity (Wildman–Crippen MR) is 152 cm³/mol. The van der Waals surface area contributed by atoms with Crippen molar-refractivity contribution in [1.29, 1.82) is 0 Å². The van der Waals surface area contributed by atoms with Crippen molar-refractivity contribution >= 4 is 17.6 Å². The quantitative estimate of drug-likeness (QED) is 0.378. The Hall–Kier alpha value is -4.59. The minimum atomic E-state index is -0.328. The molecule has 2 N–H and O–H groups in total. The Kier molecular flexibility index (Phi) is 7.23. The number of halogens is 1. The number of piperidine rings is 1. The van der Waals surface area contributed by atoms with Gasteiger partial charge in [-0.25, -0.2) is 9.37 Å². The summed E-state index contributed by atoms with van der Waals surface area (Å²) in [6.45, 7) is 1.35. The summed E-state index contributed by atoms with van der Waals surface area (Å²) in [5.41, 5.74) is 4.89. The number of hydrogen-bond acceptors (Lipinski definition) is 5. The number of anilines is 1. The van der Waals surface area contributed by atoms with E-state index in [0.717, 1.165) is 25.7 Å². The molecule has 1 saturated heterocycles. The van der Waals surface area contributed by atoms with Gasteiger partial charge >= 0.3 is 0 Å². The maximum Gasteiger partial charge on any atom is 0.255 e. The number of benzene rings is 2. The SMILES string of the molecule is O=C(NC1CCN(c2ncccc2C(=O)NC2Cc3ccccc3C2)CC1)c1ccc(-c2cccc(F)c2)nc1. The molecule has 1 fully saturated rings. The zero-order valence-electron chi connectivity index (χ0n) is 22.0. The minimum Gasteiger partial charge on any atom is -0.356 e. The standard InChI is InChI=1S/C32H30FN5O2/c33-25-8-3-7-23(17-25)29-11-10-24(20-35-29)31(39)36-26-12-15-38(16-13-26)30-28(9-4-14-34-30)32(40)37-27-18-21-5-1-2-6-22(21)19-27/h1-11,14,17,20,26-27H,12-13,15-16,18-19H2,(H,36,39)(H,37,40). The van der Waals surface area contributed by atoms with Crippen molar-refractivity contribution in [2.45, 2.75) is 37.8 Å². The van der Waals surface area contributed by atoms with Gasteiger partial charge in [0.15, 0.2) is 0 Å². The highest BCUT2D eigenvalue weighted by atomic mass is 19.1. The average molecular weight is 536 g/mol. The van der Waals surface area contributed by atoms with E-state index < -0.39 is 0 Å². The van der Waals surface area contributed by atoms with E-state index in [0.29, 0.717) is 41.3 Å². The molecule has 3 heterocycles. The highest BCUT2D eigenvalue weighted by Crippen LogP contribution is 2.25. The fourth-order valence-electron chi connectivity index (χ4n) is 5.60.